The molecule has 0 aliphatic rings. The standard InChI is InChI=1S/C54H93N9O40.Gd.H2O/c64-22-34(72)51(92)47(88)30(68)13-55-100-26-43(84)96-9-5-62(6-10-97-44(85)27-101-56-14-31(69)48(89)52(93)35(73)23-65)38(76)17-60(20-41(80)81)3-1-59(19-40(78)79)2-4-61(21-42(82)83)18-39(77)63(7-11-98-45(86)28-102-57-15-32(70)49(90)53(94)36(74)24-66)8-12-99-46(87)29-103-58-16-33(71)50(91)54(95)37(75)25-67;;/h13-16,30-37,47-54,64-75,88-95H,1-12,17-29H2,(H,78,79)(H,80,81)(H,82,83);;1H2/q;+3;/p-3/b55-13-,56-14+,57-15-,58-16+;;/t30-,31-,32-,33-,34+,35+,36+,37+,47+,48+,49+,50+,51+,52+,53+,54+;;/m1../s1. The van der Waals surface area contributed by atoms with Gasteiger partial charge in [0.1, 0.15) is 124 Å². The first kappa shape index (κ1) is 103. The molecular weight excluding hydrogens is 1590 g/mol. The Labute approximate surface area is 627 Å². The van der Waals surface area contributed by atoms with Crippen LogP contribution in [0.1, 0.15) is 0 Å². The molecule has 607 valence electrons. The fourth-order valence-electron chi connectivity index (χ4n) is 7.65. The number of hydrogen-bond donors (Lipinski definition) is 20. The SMILES string of the molecule is O.O=C([O-])CN(CCN(CC(=O)[O-])CC(=O)N(CCOC(=O)CO/N=C\[C@@H](O)[C@H](O)[C@@H](O)[C@@H](O)CO)CCOC(=O)CO/N=C/[C@@H](O)[C@H](O)[C@@H](O)[C@@H](O)CO)CCN(CC(=O)[O-])CC(=O)N(CCOC(=O)CO/N=C\[C@@H](O)[C@H](O)[C@@H](O)[C@@H](O)CO)CCOC(=O)CO/N=C/[C@@H](O)[C@H](O)[C@@H](O)[C@@H](O)CO.[Gd+3]. The number of aliphatic hydroxyl groups excluding tert-OH is 20. The molecule has 0 aromatic heterocycles. The van der Waals surface area contributed by atoms with E-state index in [4.69, 9.17) is 39.4 Å². The predicted molar refractivity (Wildman–Crippen MR) is 327 cm³/mol. The number of hydrogen-bond acceptors (Lipinski definition) is 47. The van der Waals surface area contributed by atoms with Gasteiger partial charge in [-0.3, -0.25) is 24.3 Å². The number of amides is 2. The Hall–Kier alpha value is -6.53. The fourth-order valence-corrected chi connectivity index (χ4v) is 7.65. The number of aliphatic hydroxyl groups is 20. The molecule has 0 bridgehead atoms. The number of carboxylic acid groups (broad SMARTS) is 3. The van der Waals surface area contributed by atoms with Crippen LogP contribution < -0.4 is 15.3 Å². The minimum atomic E-state index is -2.09. The number of carboxylic acids is 3. The van der Waals surface area contributed by atoms with Crippen LogP contribution in [-0.2, 0) is 81.4 Å². The number of carbonyl (C=O) groups excluding carboxylic acids is 9. The second-order valence-electron chi connectivity index (χ2n) is 21.5. The van der Waals surface area contributed by atoms with Crippen molar-refractivity contribution in [2.45, 2.75) is 97.7 Å². The monoisotopic (exact) mass is 1680 g/mol. The quantitative estimate of drug-likeness (QED) is 0.0116. The normalized spacial score (nSPS) is 16.4. The summed E-state index contributed by atoms with van der Waals surface area (Å²) in [5, 5.41) is 241. The molecule has 51 heteroatoms. The third-order valence-electron chi connectivity index (χ3n) is 13.4. The summed E-state index contributed by atoms with van der Waals surface area (Å²) in [5.74, 6) is -12.1. The maximum Gasteiger partial charge on any atom is 3.00 e. The predicted octanol–water partition coefficient (Wildman–Crippen LogP) is -22.1. The van der Waals surface area contributed by atoms with Crippen LogP contribution in [0.4, 0.5) is 0 Å². The first-order valence-corrected chi connectivity index (χ1v) is 30.4. The van der Waals surface area contributed by atoms with E-state index in [1.807, 2.05) is 0 Å². The van der Waals surface area contributed by atoms with Gasteiger partial charge in [0.05, 0.1) is 108 Å². The second-order valence-corrected chi connectivity index (χ2v) is 21.5. The van der Waals surface area contributed by atoms with Crippen LogP contribution in [0, 0.1) is 39.9 Å². The molecule has 0 aromatic rings. The summed E-state index contributed by atoms with van der Waals surface area (Å²) < 4.78 is 20.1. The van der Waals surface area contributed by atoms with E-state index in [0.29, 0.717) is 24.9 Å². The van der Waals surface area contributed by atoms with Crippen molar-refractivity contribution in [1.82, 2.24) is 24.5 Å². The molecule has 0 unspecified atom stereocenters. The zero-order chi connectivity index (χ0) is 78.3. The Balaban J connectivity index is -0.0000520. The molecule has 50 nitrogen and oxygen atoms in total. The second kappa shape index (κ2) is 58.6. The van der Waals surface area contributed by atoms with E-state index in [0.717, 1.165) is 24.5 Å². The molecule has 0 aromatic carbocycles. The third-order valence-corrected chi connectivity index (χ3v) is 13.4. The van der Waals surface area contributed by atoms with Gasteiger partial charge in [-0.05, 0) is 0 Å². The molecule has 1 radical (unpaired) electrons. The van der Waals surface area contributed by atoms with Gasteiger partial charge in [0.15, 0.2) is 0 Å². The molecule has 0 saturated heterocycles. The molecule has 2 amide bonds. The van der Waals surface area contributed by atoms with Crippen molar-refractivity contribution in [3.05, 3.63) is 0 Å². The Morgan fingerprint density at radius 1 is 0.314 bits per heavy atom. The number of rotatable bonds is 60. The average molecular weight is 1680 g/mol. The van der Waals surface area contributed by atoms with Gasteiger partial charge in [0.25, 0.3) is 0 Å². The van der Waals surface area contributed by atoms with Gasteiger partial charge in [0.2, 0.25) is 38.2 Å². The Bertz CT molecular complexity index is 2330. The van der Waals surface area contributed by atoms with Crippen LogP contribution in [0.3, 0.4) is 0 Å². The van der Waals surface area contributed by atoms with Crippen molar-refractivity contribution in [2.24, 2.45) is 20.6 Å². The molecule has 0 aliphatic carbocycles. The minimum absolute atomic E-state index is 0. The zero-order valence-electron chi connectivity index (χ0n) is 55.7. The first-order chi connectivity index (χ1) is 48.5. The van der Waals surface area contributed by atoms with Crippen molar-refractivity contribution in [1.29, 1.82) is 0 Å². The van der Waals surface area contributed by atoms with Crippen LogP contribution in [-0.4, -0.2) is 473 Å². The largest absolute Gasteiger partial charge is 3.00 e. The van der Waals surface area contributed by atoms with Gasteiger partial charge in [-0.15, -0.1) is 0 Å². The van der Waals surface area contributed by atoms with Crippen molar-refractivity contribution in [3.63, 3.8) is 0 Å². The van der Waals surface area contributed by atoms with Gasteiger partial charge in [0, 0.05) is 45.8 Å². The Kier molecular flexibility index (Phi) is 57.2. The molecule has 0 aliphatic heterocycles. The van der Waals surface area contributed by atoms with Gasteiger partial charge in [-0.1, -0.05) is 20.6 Å². The van der Waals surface area contributed by atoms with E-state index in [9.17, 15) is 140 Å². The average Bonchev–Trinajstić information content (AvgIpc) is 0.854. The van der Waals surface area contributed by atoms with E-state index in [1.54, 1.807) is 0 Å². The molecule has 0 heterocycles. The number of nitrogens with zero attached hydrogens (tertiary/aromatic N) is 9. The maximum absolute atomic E-state index is 13.9. The molecule has 0 saturated carbocycles. The van der Waals surface area contributed by atoms with Crippen LogP contribution in [0.5, 0.6) is 0 Å². The summed E-state index contributed by atoms with van der Waals surface area (Å²) >= 11 is 0. The van der Waals surface area contributed by atoms with E-state index in [-0.39, 0.29) is 45.4 Å². The Morgan fingerprint density at radius 2 is 0.514 bits per heavy atom. The van der Waals surface area contributed by atoms with Crippen molar-refractivity contribution < 1.29 is 244 Å². The van der Waals surface area contributed by atoms with Crippen molar-refractivity contribution >= 4 is 78.5 Å². The molecule has 16 atom stereocenters. The van der Waals surface area contributed by atoms with E-state index >= 15 is 0 Å². The van der Waals surface area contributed by atoms with Gasteiger partial charge < -0.3 is 185 Å². The van der Waals surface area contributed by atoms with Crippen LogP contribution >= 0.6 is 0 Å². The summed E-state index contributed by atoms with van der Waals surface area (Å²) in [6, 6.07) is 0. The van der Waals surface area contributed by atoms with Crippen LogP contribution in [0.2, 0.25) is 0 Å². The number of oxime groups is 4. The van der Waals surface area contributed by atoms with E-state index < -0.39 is 316 Å². The van der Waals surface area contributed by atoms with Gasteiger partial charge in [-0.25, -0.2) is 19.2 Å². The number of esters is 4. The van der Waals surface area contributed by atoms with Crippen molar-refractivity contribution in [2.75, 3.05) is 164 Å². The van der Waals surface area contributed by atoms with Crippen LogP contribution in [0.25, 0.3) is 0 Å². The Morgan fingerprint density at radius 3 is 0.714 bits per heavy atom. The smallest absolute Gasteiger partial charge is 0.549 e. The molecule has 0 spiro atoms. The molecular formula is C54H92GdN9O41. The summed E-state index contributed by atoms with van der Waals surface area (Å²) in [6.45, 7) is -19.9. The number of ether oxygens (including phenoxy) is 4. The first-order valence-electron chi connectivity index (χ1n) is 30.4. The van der Waals surface area contributed by atoms with Gasteiger partial charge >= 0.3 is 63.8 Å². The fraction of sp³-hybridized carbons (Fsp3) is 0.759. The summed E-state index contributed by atoms with van der Waals surface area (Å²) in [7, 11) is 0. The third kappa shape index (κ3) is 45.7. The summed E-state index contributed by atoms with van der Waals surface area (Å²) in [6.07, 6.45) is -30.0. The number of aliphatic carboxylic acids is 3. The van der Waals surface area contributed by atoms with Crippen LogP contribution in [0.15, 0.2) is 20.6 Å². The van der Waals surface area contributed by atoms with Crippen molar-refractivity contribution in [3.8, 4) is 0 Å². The minimum Gasteiger partial charge on any atom is -0.549 e. The maximum atomic E-state index is 13.9. The number of carbonyl (C=O) groups is 9. The molecule has 22 N–H and O–H groups in total. The summed E-state index contributed by atoms with van der Waals surface area (Å²) in [4.78, 5) is 137. The van der Waals surface area contributed by atoms with E-state index in [2.05, 4.69) is 40.0 Å². The molecule has 0 rings (SSSR count). The molecule has 105 heavy (non-hydrogen) atoms. The topological polar surface area (TPSA) is 798 Å². The zero-order valence-corrected chi connectivity index (χ0v) is 58.0. The summed E-state index contributed by atoms with van der Waals surface area (Å²) in [5.41, 5.74) is 0. The van der Waals surface area contributed by atoms with Gasteiger partial charge in [-0.2, -0.15) is 0 Å². The van der Waals surface area contributed by atoms with E-state index in [1.165, 1.54) is 0 Å². The molecule has 0 fully saturated rings.